The van der Waals surface area contributed by atoms with E-state index in [1.54, 1.807) is 20.8 Å². The van der Waals surface area contributed by atoms with Gasteiger partial charge in [0.25, 0.3) is 5.41 Å². The summed E-state index contributed by atoms with van der Waals surface area (Å²) in [5.41, 5.74) is -0.0863. The molecule has 1 unspecified atom stereocenters. The van der Waals surface area contributed by atoms with Crippen molar-refractivity contribution in [2.45, 2.75) is 38.6 Å². The minimum atomic E-state index is -5.40. The lowest BCUT2D eigenvalue weighted by Crippen LogP contribution is -2.37. The van der Waals surface area contributed by atoms with Gasteiger partial charge in [0.2, 0.25) is 5.79 Å². The van der Waals surface area contributed by atoms with E-state index in [-0.39, 0.29) is 17.9 Å². The molecule has 9 heteroatoms. The molecule has 2 rings (SSSR count). The zero-order valence-corrected chi connectivity index (χ0v) is 12.7. The summed E-state index contributed by atoms with van der Waals surface area (Å²) in [6.07, 6.45) is 0.915. The number of fused-ring (bicyclic) bond motifs is 1. The molecule has 0 saturated heterocycles. The lowest BCUT2D eigenvalue weighted by atomic mass is 10.0. The lowest BCUT2D eigenvalue weighted by Gasteiger charge is -2.36. The number of pyridine rings is 1. The standard InChI is InChI=1S/C12H16F2NO5P/c1-7-10-8(5-19-11(2,3)20-10)9(4-15-7)12(14,6-13)21(16,17)18/h4H,5-6H2,1-3H3,(H2,16,17,18). The van der Waals surface area contributed by atoms with Crippen molar-refractivity contribution in [2.24, 2.45) is 0 Å². The fourth-order valence-electron chi connectivity index (χ4n) is 2.08. The highest BCUT2D eigenvalue weighted by Gasteiger charge is 2.52. The highest BCUT2D eigenvalue weighted by molar-refractivity contribution is 7.52. The van der Waals surface area contributed by atoms with Gasteiger partial charge in [-0.3, -0.25) is 9.55 Å². The SMILES string of the molecule is Cc1ncc(C(F)(CF)P(=O)(O)O)c2c1OC(C)(C)OC2. The van der Waals surface area contributed by atoms with Crippen LogP contribution in [0.5, 0.6) is 5.75 Å². The summed E-state index contributed by atoms with van der Waals surface area (Å²) < 4.78 is 49.9. The molecule has 2 heterocycles. The quantitative estimate of drug-likeness (QED) is 0.830. The zero-order chi connectivity index (χ0) is 16.1. The highest BCUT2D eigenvalue weighted by Crippen LogP contribution is 2.60. The van der Waals surface area contributed by atoms with Crippen LogP contribution in [0.3, 0.4) is 0 Å². The molecule has 0 fully saturated rings. The summed E-state index contributed by atoms with van der Waals surface area (Å²) in [6.45, 7) is 2.81. The Morgan fingerprint density at radius 1 is 1.52 bits per heavy atom. The van der Waals surface area contributed by atoms with E-state index < -0.39 is 31.0 Å². The van der Waals surface area contributed by atoms with Crippen LogP contribution in [-0.4, -0.2) is 27.2 Å². The monoisotopic (exact) mass is 323 g/mol. The molecule has 0 amide bonds. The molecular weight excluding hydrogens is 307 g/mol. The number of alkyl halides is 2. The van der Waals surface area contributed by atoms with Gasteiger partial charge in [-0.2, -0.15) is 0 Å². The van der Waals surface area contributed by atoms with Crippen LogP contribution in [0.1, 0.15) is 30.7 Å². The van der Waals surface area contributed by atoms with Crippen molar-refractivity contribution in [3.05, 3.63) is 23.0 Å². The number of aryl methyl sites for hydroxylation is 1. The second kappa shape index (κ2) is 4.98. The van der Waals surface area contributed by atoms with Crippen LogP contribution < -0.4 is 4.74 Å². The number of hydrogen-bond acceptors (Lipinski definition) is 4. The molecule has 0 spiro atoms. The maximum Gasteiger partial charge on any atom is 0.369 e. The van der Waals surface area contributed by atoms with Gasteiger partial charge in [0.05, 0.1) is 12.3 Å². The number of aromatic nitrogens is 1. The molecule has 1 aliphatic rings. The number of ether oxygens (including phenoxy) is 2. The average Bonchev–Trinajstić information content (AvgIpc) is 2.37. The third-order valence-electron chi connectivity index (χ3n) is 3.28. The van der Waals surface area contributed by atoms with Gasteiger partial charge >= 0.3 is 7.60 Å². The van der Waals surface area contributed by atoms with Crippen LogP contribution in [0.2, 0.25) is 0 Å². The van der Waals surface area contributed by atoms with Crippen molar-refractivity contribution in [1.29, 1.82) is 0 Å². The summed E-state index contributed by atoms with van der Waals surface area (Å²) in [6, 6.07) is 0. The fraction of sp³-hybridized carbons (Fsp3) is 0.583. The molecule has 0 aliphatic carbocycles. The smallest absolute Gasteiger partial charge is 0.369 e. The molecule has 0 saturated carbocycles. The van der Waals surface area contributed by atoms with Crippen molar-refractivity contribution in [2.75, 3.05) is 6.67 Å². The molecule has 0 aromatic carbocycles. The lowest BCUT2D eigenvalue weighted by molar-refractivity contribution is -0.181. The van der Waals surface area contributed by atoms with Gasteiger partial charge in [-0.05, 0) is 6.92 Å². The van der Waals surface area contributed by atoms with Crippen LogP contribution in [0.25, 0.3) is 0 Å². The first-order valence-corrected chi connectivity index (χ1v) is 7.75. The minimum Gasteiger partial charge on any atom is -0.461 e. The molecule has 2 N–H and O–H groups in total. The summed E-state index contributed by atoms with van der Waals surface area (Å²) >= 11 is 0. The van der Waals surface area contributed by atoms with Crippen LogP contribution in [0, 0.1) is 6.92 Å². The van der Waals surface area contributed by atoms with E-state index in [0.29, 0.717) is 5.69 Å². The Hall–Kier alpha value is -1.08. The molecule has 6 nitrogen and oxygen atoms in total. The largest absolute Gasteiger partial charge is 0.461 e. The predicted molar refractivity (Wildman–Crippen MR) is 69.3 cm³/mol. The first-order chi connectivity index (χ1) is 9.52. The van der Waals surface area contributed by atoms with Gasteiger partial charge in [-0.25, -0.2) is 8.78 Å². The Kier molecular flexibility index (Phi) is 3.87. The molecule has 1 aromatic rings. The van der Waals surface area contributed by atoms with Gasteiger partial charge in [-0.1, -0.05) is 0 Å². The predicted octanol–water partition coefficient (Wildman–Crippen LogP) is 2.30. The van der Waals surface area contributed by atoms with Crippen molar-refractivity contribution >= 4 is 7.60 Å². The number of hydrogen-bond donors (Lipinski definition) is 2. The maximum atomic E-state index is 14.6. The normalized spacial score (nSPS) is 20.3. The molecular formula is C12H16F2NO5P. The summed E-state index contributed by atoms with van der Waals surface area (Å²) in [7, 11) is -5.40. The van der Waals surface area contributed by atoms with E-state index >= 15 is 0 Å². The Morgan fingerprint density at radius 3 is 2.67 bits per heavy atom. The zero-order valence-electron chi connectivity index (χ0n) is 11.8. The molecule has 1 aliphatic heterocycles. The third kappa shape index (κ3) is 2.68. The Balaban J connectivity index is 2.66. The van der Waals surface area contributed by atoms with Gasteiger partial charge < -0.3 is 19.3 Å². The Bertz CT molecular complexity index is 618. The minimum absolute atomic E-state index is 0.0605. The molecule has 0 radical (unpaired) electrons. The number of rotatable bonds is 3. The molecule has 0 bridgehead atoms. The van der Waals surface area contributed by atoms with Crippen molar-refractivity contribution in [3.8, 4) is 5.75 Å². The van der Waals surface area contributed by atoms with Crippen molar-refractivity contribution in [1.82, 2.24) is 4.98 Å². The molecule has 1 aromatic heterocycles. The van der Waals surface area contributed by atoms with Crippen molar-refractivity contribution in [3.63, 3.8) is 0 Å². The first kappa shape index (κ1) is 16.3. The van der Waals surface area contributed by atoms with Gasteiger partial charge in [0.1, 0.15) is 12.4 Å². The highest BCUT2D eigenvalue weighted by atomic mass is 31.2. The average molecular weight is 323 g/mol. The first-order valence-electron chi connectivity index (χ1n) is 6.14. The summed E-state index contributed by atoms with van der Waals surface area (Å²) in [5.74, 6) is -0.831. The van der Waals surface area contributed by atoms with Gasteiger partial charge in [-0.15, -0.1) is 0 Å². The van der Waals surface area contributed by atoms with Crippen molar-refractivity contribution < 1.29 is 32.6 Å². The van der Waals surface area contributed by atoms with Gasteiger partial charge in [0, 0.05) is 31.2 Å². The summed E-state index contributed by atoms with van der Waals surface area (Å²) in [4.78, 5) is 22.2. The number of halogens is 2. The maximum absolute atomic E-state index is 14.6. The molecule has 118 valence electrons. The van der Waals surface area contributed by atoms with E-state index in [1.165, 1.54) is 0 Å². The van der Waals surface area contributed by atoms with Crippen LogP contribution in [0.4, 0.5) is 8.78 Å². The molecule has 1 atom stereocenters. The Morgan fingerprint density at radius 2 is 2.14 bits per heavy atom. The fourth-order valence-corrected chi connectivity index (χ4v) is 2.74. The van der Waals surface area contributed by atoms with E-state index in [1.807, 2.05) is 0 Å². The van der Waals surface area contributed by atoms with Crippen LogP contribution in [-0.2, 0) is 21.3 Å². The molecule has 21 heavy (non-hydrogen) atoms. The van der Waals surface area contributed by atoms with Crippen LogP contribution >= 0.6 is 7.60 Å². The summed E-state index contributed by atoms with van der Waals surface area (Å²) in [5, 5.41) is -3.47. The van der Waals surface area contributed by atoms with E-state index in [0.717, 1.165) is 6.20 Å². The van der Waals surface area contributed by atoms with Crippen LogP contribution in [0.15, 0.2) is 6.20 Å². The van der Waals surface area contributed by atoms with Gasteiger partial charge in [0.15, 0.2) is 0 Å². The Labute approximate surface area is 120 Å². The third-order valence-corrected chi connectivity index (χ3v) is 4.56. The van der Waals surface area contributed by atoms with E-state index in [9.17, 15) is 13.3 Å². The second-order valence-corrected chi connectivity index (χ2v) is 7.09. The van der Waals surface area contributed by atoms with E-state index in [4.69, 9.17) is 19.3 Å². The number of nitrogens with zero attached hydrogens (tertiary/aromatic N) is 1. The van der Waals surface area contributed by atoms with E-state index in [2.05, 4.69) is 4.98 Å². The second-order valence-electron chi connectivity index (χ2n) is 5.29. The topological polar surface area (TPSA) is 88.9 Å².